The number of para-hydroxylation sites is 1. The number of carbonyl (C=O) groups excluding carboxylic acids is 1. The first-order chi connectivity index (χ1) is 9.22. The second-order valence-electron chi connectivity index (χ2n) is 4.12. The minimum atomic E-state index is -0.200. The average Bonchev–Trinajstić information content (AvgIpc) is 2.41. The Morgan fingerprint density at radius 2 is 1.79 bits per heavy atom. The lowest BCUT2D eigenvalue weighted by atomic mass is 10.1. The number of halogens is 1. The van der Waals surface area contributed by atoms with Gasteiger partial charge in [-0.15, -0.1) is 0 Å². The second kappa shape index (κ2) is 6.36. The Morgan fingerprint density at radius 3 is 2.53 bits per heavy atom. The highest BCUT2D eigenvalue weighted by Gasteiger charge is 2.11. The molecule has 2 N–H and O–H groups in total. The highest BCUT2D eigenvalue weighted by Crippen LogP contribution is 2.19. The maximum atomic E-state index is 12.2. The highest BCUT2D eigenvalue weighted by atomic mass is 35.5. The van der Waals surface area contributed by atoms with E-state index in [0.717, 1.165) is 11.3 Å². The summed E-state index contributed by atoms with van der Waals surface area (Å²) in [5.74, 6) is -0.200. The summed E-state index contributed by atoms with van der Waals surface area (Å²) in [5.41, 5.74) is 2.30. The molecule has 2 aromatic carbocycles. The number of benzene rings is 2. The van der Waals surface area contributed by atoms with E-state index in [1.807, 2.05) is 31.3 Å². The number of hydrogen-bond acceptors (Lipinski definition) is 2. The molecule has 0 unspecified atom stereocenters. The Labute approximate surface area is 117 Å². The number of carbonyl (C=O) groups is 1. The molecule has 4 heteroatoms. The molecule has 0 aliphatic carbocycles. The quantitative estimate of drug-likeness (QED) is 0.898. The largest absolute Gasteiger partial charge is 0.322 e. The van der Waals surface area contributed by atoms with Crippen LogP contribution in [-0.2, 0) is 6.54 Å². The SMILES string of the molecule is CNCc1ccccc1NC(=O)c1ccccc1Cl. The van der Waals surface area contributed by atoms with Crippen molar-refractivity contribution in [3.8, 4) is 0 Å². The van der Waals surface area contributed by atoms with Gasteiger partial charge in [0.15, 0.2) is 0 Å². The van der Waals surface area contributed by atoms with E-state index in [1.165, 1.54) is 0 Å². The lowest BCUT2D eigenvalue weighted by molar-refractivity contribution is 0.102. The maximum Gasteiger partial charge on any atom is 0.257 e. The Kier molecular flexibility index (Phi) is 4.55. The van der Waals surface area contributed by atoms with Crippen LogP contribution in [0.2, 0.25) is 5.02 Å². The van der Waals surface area contributed by atoms with Crippen LogP contribution >= 0.6 is 11.6 Å². The molecule has 1 amide bonds. The molecule has 0 radical (unpaired) electrons. The number of anilines is 1. The zero-order valence-electron chi connectivity index (χ0n) is 10.6. The van der Waals surface area contributed by atoms with E-state index in [1.54, 1.807) is 24.3 Å². The third-order valence-corrected chi connectivity index (χ3v) is 3.08. The van der Waals surface area contributed by atoms with Gasteiger partial charge < -0.3 is 10.6 Å². The molecule has 0 spiro atoms. The Morgan fingerprint density at radius 1 is 1.11 bits per heavy atom. The molecule has 2 aromatic rings. The summed E-state index contributed by atoms with van der Waals surface area (Å²) in [6, 6.07) is 14.7. The standard InChI is InChI=1S/C15H15ClN2O/c1-17-10-11-6-2-5-9-14(11)18-15(19)12-7-3-4-8-13(12)16/h2-9,17H,10H2,1H3,(H,18,19). The van der Waals surface area contributed by atoms with Crippen molar-refractivity contribution >= 4 is 23.2 Å². The van der Waals surface area contributed by atoms with Gasteiger partial charge in [0.1, 0.15) is 0 Å². The van der Waals surface area contributed by atoms with E-state index in [-0.39, 0.29) is 5.91 Å². The Hall–Kier alpha value is -1.84. The normalized spacial score (nSPS) is 10.2. The first kappa shape index (κ1) is 13.6. The van der Waals surface area contributed by atoms with Crippen LogP contribution in [0.1, 0.15) is 15.9 Å². The lowest BCUT2D eigenvalue weighted by Crippen LogP contribution is -2.15. The fraction of sp³-hybridized carbons (Fsp3) is 0.133. The van der Waals surface area contributed by atoms with E-state index in [4.69, 9.17) is 11.6 Å². The number of rotatable bonds is 4. The predicted octanol–water partition coefficient (Wildman–Crippen LogP) is 3.31. The van der Waals surface area contributed by atoms with Gasteiger partial charge in [-0.25, -0.2) is 0 Å². The van der Waals surface area contributed by atoms with Crippen molar-refractivity contribution in [1.29, 1.82) is 0 Å². The van der Waals surface area contributed by atoms with Gasteiger partial charge in [0.25, 0.3) is 5.91 Å². The summed E-state index contributed by atoms with van der Waals surface area (Å²) in [6.07, 6.45) is 0. The number of amides is 1. The van der Waals surface area contributed by atoms with Crippen molar-refractivity contribution in [2.75, 3.05) is 12.4 Å². The van der Waals surface area contributed by atoms with Crippen LogP contribution in [0.15, 0.2) is 48.5 Å². The first-order valence-corrected chi connectivity index (χ1v) is 6.38. The predicted molar refractivity (Wildman–Crippen MR) is 78.6 cm³/mol. The van der Waals surface area contributed by atoms with Crippen molar-refractivity contribution in [3.05, 3.63) is 64.7 Å². The van der Waals surface area contributed by atoms with Crippen LogP contribution < -0.4 is 10.6 Å². The van der Waals surface area contributed by atoms with Crippen LogP contribution in [0, 0.1) is 0 Å². The molecule has 0 aliphatic heterocycles. The summed E-state index contributed by atoms with van der Waals surface area (Å²) >= 11 is 6.01. The van der Waals surface area contributed by atoms with Crippen molar-refractivity contribution in [2.45, 2.75) is 6.54 Å². The molecule has 98 valence electrons. The molecule has 3 nitrogen and oxygen atoms in total. The van der Waals surface area contributed by atoms with Crippen LogP contribution in [0.4, 0.5) is 5.69 Å². The Bertz CT molecular complexity index is 584. The molecule has 0 aliphatic rings. The van der Waals surface area contributed by atoms with Gasteiger partial charge in [-0.05, 0) is 30.8 Å². The van der Waals surface area contributed by atoms with Gasteiger partial charge in [0.2, 0.25) is 0 Å². The highest BCUT2D eigenvalue weighted by molar-refractivity contribution is 6.34. The topological polar surface area (TPSA) is 41.1 Å². The van der Waals surface area contributed by atoms with Crippen molar-refractivity contribution in [2.24, 2.45) is 0 Å². The van der Waals surface area contributed by atoms with Crippen LogP contribution in [0.25, 0.3) is 0 Å². The van der Waals surface area contributed by atoms with E-state index in [9.17, 15) is 4.79 Å². The third-order valence-electron chi connectivity index (χ3n) is 2.75. The third kappa shape index (κ3) is 3.34. The maximum absolute atomic E-state index is 12.2. The molecule has 0 heterocycles. The minimum Gasteiger partial charge on any atom is -0.322 e. The van der Waals surface area contributed by atoms with Gasteiger partial charge in [-0.2, -0.15) is 0 Å². The van der Waals surface area contributed by atoms with Crippen LogP contribution in [0.5, 0.6) is 0 Å². The van der Waals surface area contributed by atoms with Crippen molar-refractivity contribution in [3.63, 3.8) is 0 Å². The summed E-state index contributed by atoms with van der Waals surface area (Å²) in [7, 11) is 1.87. The van der Waals surface area contributed by atoms with Gasteiger partial charge in [-0.1, -0.05) is 41.9 Å². The molecular weight excluding hydrogens is 260 g/mol. The number of hydrogen-bond donors (Lipinski definition) is 2. The second-order valence-corrected chi connectivity index (χ2v) is 4.53. The summed E-state index contributed by atoms with van der Waals surface area (Å²) in [5, 5.41) is 6.41. The minimum absolute atomic E-state index is 0.200. The van der Waals surface area contributed by atoms with Gasteiger partial charge >= 0.3 is 0 Å². The monoisotopic (exact) mass is 274 g/mol. The molecule has 0 fully saturated rings. The molecule has 2 rings (SSSR count). The zero-order chi connectivity index (χ0) is 13.7. The fourth-order valence-corrected chi connectivity index (χ4v) is 2.04. The number of nitrogens with one attached hydrogen (secondary N) is 2. The first-order valence-electron chi connectivity index (χ1n) is 6.00. The molecule has 0 bridgehead atoms. The summed E-state index contributed by atoms with van der Waals surface area (Å²) < 4.78 is 0. The van der Waals surface area contributed by atoms with Crippen LogP contribution in [0.3, 0.4) is 0 Å². The molecule has 0 aromatic heterocycles. The van der Waals surface area contributed by atoms with Crippen LogP contribution in [-0.4, -0.2) is 13.0 Å². The van der Waals surface area contributed by atoms with Gasteiger partial charge in [-0.3, -0.25) is 4.79 Å². The summed E-state index contributed by atoms with van der Waals surface area (Å²) in [6.45, 7) is 0.693. The van der Waals surface area contributed by atoms with E-state index >= 15 is 0 Å². The summed E-state index contributed by atoms with van der Waals surface area (Å²) in [4.78, 5) is 12.2. The van der Waals surface area contributed by atoms with E-state index in [2.05, 4.69) is 10.6 Å². The smallest absolute Gasteiger partial charge is 0.257 e. The van der Waals surface area contributed by atoms with Crippen molar-refractivity contribution in [1.82, 2.24) is 5.32 Å². The van der Waals surface area contributed by atoms with E-state index in [0.29, 0.717) is 17.1 Å². The molecule has 0 atom stereocenters. The van der Waals surface area contributed by atoms with Gasteiger partial charge in [0, 0.05) is 12.2 Å². The molecule has 0 saturated carbocycles. The fourth-order valence-electron chi connectivity index (χ4n) is 1.82. The van der Waals surface area contributed by atoms with E-state index < -0.39 is 0 Å². The molecular formula is C15H15ClN2O. The molecule has 0 saturated heterocycles. The van der Waals surface area contributed by atoms with Gasteiger partial charge in [0.05, 0.1) is 10.6 Å². The zero-order valence-corrected chi connectivity index (χ0v) is 11.4. The Balaban J connectivity index is 2.22. The lowest BCUT2D eigenvalue weighted by Gasteiger charge is -2.11. The average molecular weight is 275 g/mol. The van der Waals surface area contributed by atoms with Crippen molar-refractivity contribution < 1.29 is 4.79 Å². The molecule has 19 heavy (non-hydrogen) atoms.